The van der Waals surface area contributed by atoms with Gasteiger partial charge in [0.25, 0.3) is 0 Å². The van der Waals surface area contributed by atoms with Crippen LogP contribution >= 0.6 is 0 Å². The fourth-order valence-corrected chi connectivity index (χ4v) is 4.75. The van der Waals surface area contributed by atoms with Crippen LogP contribution in [0.2, 0.25) is 0 Å². The fraction of sp³-hybridized carbons (Fsp3) is 0.600. The summed E-state index contributed by atoms with van der Waals surface area (Å²) >= 11 is 0. The molecule has 3 fully saturated rings. The second kappa shape index (κ2) is 10.0. The van der Waals surface area contributed by atoms with E-state index in [9.17, 15) is 0 Å². The van der Waals surface area contributed by atoms with Crippen LogP contribution in [-0.2, 0) is 9.47 Å². The normalized spacial score (nSPS) is 26.2. The van der Waals surface area contributed by atoms with Crippen molar-refractivity contribution in [3.8, 4) is 17.0 Å². The van der Waals surface area contributed by atoms with E-state index in [1.807, 2.05) is 6.20 Å². The molecule has 1 atom stereocenters. The molecule has 2 saturated heterocycles. The maximum absolute atomic E-state index is 6.31. The number of morpholine rings is 1. The van der Waals surface area contributed by atoms with Gasteiger partial charge in [-0.05, 0) is 49.3 Å². The van der Waals surface area contributed by atoms with Crippen molar-refractivity contribution in [3.05, 3.63) is 30.5 Å². The number of anilines is 2. The monoisotopic (exact) mass is 438 g/mol. The minimum Gasteiger partial charge on any atom is -0.471 e. The third kappa shape index (κ3) is 5.15. The van der Waals surface area contributed by atoms with E-state index in [1.54, 1.807) is 0 Å². The average Bonchev–Trinajstić information content (AvgIpc) is 3.35. The Hall–Kier alpha value is -2.38. The Morgan fingerprint density at radius 1 is 0.969 bits per heavy atom. The fourth-order valence-electron chi connectivity index (χ4n) is 4.75. The van der Waals surface area contributed by atoms with Gasteiger partial charge in [0.1, 0.15) is 6.10 Å². The average molecular weight is 439 g/mol. The van der Waals surface area contributed by atoms with Gasteiger partial charge in [0, 0.05) is 37.4 Å². The molecule has 0 spiro atoms. The molecule has 5 rings (SSSR count). The molecule has 7 nitrogen and oxygen atoms in total. The van der Waals surface area contributed by atoms with E-state index in [2.05, 4.69) is 46.4 Å². The van der Waals surface area contributed by atoms with Gasteiger partial charge in [-0.3, -0.25) is 0 Å². The van der Waals surface area contributed by atoms with Crippen LogP contribution in [0.1, 0.15) is 39.0 Å². The SMILES string of the molecule is CC1CCC(Nc2ncc(-c3ccc(N4CCOCC4)cc3)c(OC3CCOC3)n2)CC1. The molecule has 32 heavy (non-hydrogen) atoms. The molecule has 7 heteroatoms. The van der Waals surface area contributed by atoms with Gasteiger partial charge in [0.05, 0.1) is 32.0 Å². The molecule has 1 aliphatic carbocycles. The number of hydrogen-bond acceptors (Lipinski definition) is 7. The van der Waals surface area contributed by atoms with Crippen molar-refractivity contribution < 1.29 is 14.2 Å². The number of nitrogens with one attached hydrogen (secondary N) is 1. The molecular formula is C25H34N4O3. The van der Waals surface area contributed by atoms with Crippen LogP contribution in [0.3, 0.4) is 0 Å². The van der Waals surface area contributed by atoms with Gasteiger partial charge in [0.2, 0.25) is 11.8 Å². The van der Waals surface area contributed by atoms with E-state index >= 15 is 0 Å². The minimum atomic E-state index is 0.0413. The zero-order valence-corrected chi connectivity index (χ0v) is 19.0. The summed E-state index contributed by atoms with van der Waals surface area (Å²) in [6.07, 6.45) is 7.68. The van der Waals surface area contributed by atoms with Crippen molar-refractivity contribution in [2.75, 3.05) is 49.7 Å². The Morgan fingerprint density at radius 2 is 1.75 bits per heavy atom. The van der Waals surface area contributed by atoms with Gasteiger partial charge >= 0.3 is 0 Å². The van der Waals surface area contributed by atoms with Crippen LogP contribution in [-0.4, -0.2) is 61.6 Å². The molecule has 2 aromatic rings. The van der Waals surface area contributed by atoms with E-state index in [-0.39, 0.29) is 6.10 Å². The first-order chi connectivity index (χ1) is 15.7. The number of hydrogen-bond donors (Lipinski definition) is 1. The van der Waals surface area contributed by atoms with Gasteiger partial charge in [0.15, 0.2) is 0 Å². The summed E-state index contributed by atoms with van der Waals surface area (Å²) in [5.74, 6) is 2.12. The first kappa shape index (κ1) is 21.5. The maximum atomic E-state index is 6.31. The van der Waals surface area contributed by atoms with Crippen LogP contribution in [0, 0.1) is 5.92 Å². The van der Waals surface area contributed by atoms with Crippen molar-refractivity contribution in [2.45, 2.75) is 51.2 Å². The first-order valence-electron chi connectivity index (χ1n) is 12.1. The summed E-state index contributed by atoms with van der Waals surface area (Å²) < 4.78 is 17.3. The highest BCUT2D eigenvalue weighted by Gasteiger charge is 2.23. The van der Waals surface area contributed by atoms with Crippen LogP contribution < -0.4 is 15.0 Å². The standard InChI is InChI=1S/C25H34N4O3/c1-18-2-6-20(7-3-18)27-25-26-16-23(24(28-25)32-22-10-13-31-17-22)19-4-8-21(9-5-19)29-11-14-30-15-12-29/h4-5,8-9,16,18,20,22H,2-3,6-7,10-15,17H2,1H3,(H,26,27,28). The maximum Gasteiger partial charge on any atom is 0.226 e. The van der Waals surface area contributed by atoms with Gasteiger partial charge in [-0.15, -0.1) is 0 Å². The lowest BCUT2D eigenvalue weighted by atomic mass is 9.87. The van der Waals surface area contributed by atoms with Crippen LogP contribution in [0.4, 0.5) is 11.6 Å². The van der Waals surface area contributed by atoms with E-state index < -0.39 is 0 Å². The molecule has 3 heterocycles. The summed E-state index contributed by atoms with van der Waals surface area (Å²) in [6, 6.07) is 9.04. The molecule has 1 aromatic carbocycles. The van der Waals surface area contributed by atoms with Crippen LogP contribution in [0.15, 0.2) is 30.5 Å². The van der Waals surface area contributed by atoms with Crippen LogP contribution in [0.5, 0.6) is 5.88 Å². The van der Waals surface area contributed by atoms with Crippen LogP contribution in [0.25, 0.3) is 11.1 Å². The highest BCUT2D eigenvalue weighted by Crippen LogP contribution is 2.33. The Morgan fingerprint density at radius 3 is 2.47 bits per heavy atom. The smallest absolute Gasteiger partial charge is 0.226 e. The number of rotatable bonds is 6. The predicted octanol–water partition coefficient (Wildman–Crippen LogP) is 4.14. The number of ether oxygens (including phenoxy) is 3. The highest BCUT2D eigenvalue weighted by molar-refractivity contribution is 5.70. The van der Waals surface area contributed by atoms with Gasteiger partial charge in [-0.25, -0.2) is 4.98 Å². The Balaban J connectivity index is 1.36. The summed E-state index contributed by atoms with van der Waals surface area (Å²) in [6.45, 7) is 7.11. The first-order valence-corrected chi connectivity index (χ1v) is 12.1. The van der Waals surface area contributed by atoms with E-state index in [1.165, 1.54) is 31.4 Å². The van der Waals surface area contributed by atoms with Crippen molar-refractivity contribution in [1.82, 2.24) is 9.97 Å². The predicted molar refractivity (Wildman–Crippen MR) is 125 cm³/mol. The number of aromatic nitrogens is 2. The zero-order chi connectivity index (χ0) is 21.8. The summed E-state index contributed by atoms with van der Waals surface area (Å²) in [5, 5.41) is 3.55. The second-order valence-corrected chi connectivity index (χ2v) is 9.26. The molecule has 1 saturated carbocycles. The Labute approximate surface area is 190 Å². The molecule has 1 aromatic heterocycles. The second-order valence-electron chi connectivity index (χ2n) is 9.26. The number of nitrogens with zero attached hydrogens (tertiary/aromatic N) is 3. The molecule has 3 aliphatic rings. The minimum absolute atomic E-state index is 0.0413. The summed E-state index contributed by atoms with van der Waals surface area (Å²) in [5.41, 5.74) is 3.21. The lowest BCUT2D eigenvalue weighted by Crippen LogP contribution is -2.36. The van der Waals surface area contributed by atoms with Crippen molar-refractivity contribution in [3.63, 3.8) is 0 Å². The molecule has 0 radical (unpaired) electrons. The lowest BCUT2D eigenvalue weighted by molar-refractivity contribution is 0.122. The number of benzene rings is 1. The third-order valence-electron chi connectivity index (χ3n) is 6.82. The molecule has 172 valence electrons. The largest absolute Gasteiger partial charge is 0.471 e. The lowest BCUT2D eigenvalue weighted by Gasteiger charge is -2.29. The topological polar surface area (TPSA) is 68.7 Å². The molecule has 1 N–H and O–H groups in total. The molecular weight excluding hydrogens is 404 g/mol. The van der Waals surface area contributed by atoms with E-state index in [0.29, 0.717) is 24.5 Å². The van der Waals surface area contributed by atoms with Gasteiger partial charge < -0.3 is 24.4 Å². The summed E-state index contributed by atoms with van der Waals surface area (Å²) in [7, 11) is 0. The van der Waals surface area contributed by atoms with Crippen molar-refractivity contribution in [1.29, 1.82) is 0 Å². The highest BCUT2D eigenvalue weighted by atomic mass is 16.5. The van der Waals surface area contributed by atoms with Gasteiger partial charge in [-0.1, -0.05) is 19.1 Å². The zero-order valence-electron chi connectivity index (χ0n) is 19.0. The molecule has 0 bridgehead atoms. The molecule has 0 amide bonds. The van der Waals surface area contributed by atoms with Crippen molar-refractivity contribution >= 4 is 11.6 Å². The van der Waals surface area contributed by atoms with E-state index in [0.717, 1.165) is 56.4 Å². The Bertz CT molecular complexity index is 871. The summed E-state index contributed by atoms with van der Waals surface area (Å²) in [4.78, 5) is 11.8. The molecule has 2 aliphatic heterocycles. The van der Waals surface area contributed by atoms with Crippen molar-refractivity contribution in [2.24, 2.45) is 5.92 Å². The molecule has 1 unspecified atom stereocenters. The van der Waals surface area contributed by atoms with E-state index in [4.69, 9.17) is 19.2 Å². The third-order valence-corrected chi connectivity index (χ3v) is 6.82. The quantitative estimate of drug-likeness (QED) is 0.727. The van der Waals surface area contributed by atoms with Gasteiger partial charge in [-0.2, -0.15) is 4.98 Å². The Kier molecular flexibility index (Phi) is 6.74.